The second-order valence-corrected chi connectivity index (χ2v) is 4.81. The molecule has 0 radical (unpaired) electrons. The van der Waals surface area contributed by atoms with Gasteiger partial charge in [-0.2, -0.15) is 5.26 Å². The van der Waals surface area contributed by atoms with Crippen molar-refractivity contribution in [2.75, 3.05) is 32.0 Å². The molecule has 1 N–H and O–H groups in total. The number of hydrogen-bond donors (Lipinski definition) is 1. The SMILES string of the molecule is CN1CCCC(CNc2ccccc2C#N)C1. The van der Waals surface area contributed by atoms with E-state index in [0.717, 1.165) is 24.3 Å². The fourth-order valence-corrected chi connectivity index (χ4v) is 2.43. The summed E-state index contributed by atoms with van der Waals surface area (Å²) in [6.45, 7) is 3.33. The van der Waals surface area contributed by atoms with E-state index >= 15 is 0 Å². The number of nitrogens with zero attached hydrogens (tertiary/aromatic N) is 2. The summed E-state index contributed by atoms with van der Waals surface area (Å²) in [5, 5.41) is 12.4. The third kappa shape index (κ3) is 3.21. The van der Waals surface area contributed by atoms with E-state index < -0.39 is 0 Å². The third-order valence-electron chi connectivity index (χ3n) is 3.35. The molecule has 1 aromatic rings. The van der Waals surface area contributed by atoms with Gasteiger partial charge in [-0.1, -0.05) is 12.1 Å². The van der Waals surface area contributed by atoms with Crippen LogP contribution in [0, 0.1) is 17.2 Å². The lowest BCUT2D eigenvalue weighted by Gasteiger charge is -2.30. The van der Waals surface area contributed by atoms with Crippen molar-refractivity contribution in [1.82, 2.24) is 4.90 Å². The second-order valence-electron chi connectivity index (χ2n) is 4.81. The van der Waals surface area contributed by atoms with Crippen molar-refractivity contribution < 1.29 is 0 Å². The normalized spacial score (nSPS) is 20.8. The maximum atomic E-state index is 9.00. The van der Waals surface area contributed by atoms with E-state index in [1.165, 1.54) is 19.4 Å². The van der Waals surface area contributed by atoms with Crippen LogP contribution in [0.25, 0.3) is 0 Å². The molecule has 1 aliphatic rings. The maximum Gasteiger partial charge on any atom is 0.101 e. The minimum absolute atomic E-state index is 0.695. The summed E-state index contributed by atoms with van der Waals surface area (Å²) < 4.78 is 0. The van der Waals surface area contributed by atoms with Crippen molar-refractivity contribution in [3.63, 3.8) is 0 Å². The summed E-state index contributed by atoms with van der Waals surface area (Å²) in [4.78, 5) is 2.38. The van der Waals surface area contributed by atoms with Crippen LogP contribution in [0.3, 0.4) is 0 Å². The van der Waals surface area contributed by atoms with Gasteiger partial charge in [-0.05, 0) is 44.5 Å². The predicted molar refractivity (Wildman–Crippen MR) is 69.9 cm³/mol. The summed E-state index contributed by atoms with van der Waals surface area (Å²) in [7, 11) is 2.18. The first kappa shape index (κ1) is 11.9. The number of benzene rings is 1. The highest BCUT2D eigenvalue weighted by Crippen LogP contribution is 2.18. The topological polar surface area (TPSA) is 39.1 Å². The zero-order valence-electron chi connectivity index (χ0n) is 10.3. The number of anilines is 1. The van der Waals surface area contributed by atoms with Crippen LogP contribution in [-0.4, -0.2) is 31.6 Å². The molecule has 1 fully saturated rings. The fraction of sp³-hybridized carbons (Fsp3) is 0.500. The molecule has 1 heterocycles. The van der Waals surface area contributed by atoms with Crippen LogP contribution in [0.2, 0.25) is 0 Å². The van der Waals surface area contributed by atoms with E-state index in [2.05, 4.69) is 23.3 Å². The smallest absolute Gasteiger partial charge is 0.101 e. The van der Waals surface area contributed by atoms with E-state index in [9.17, 15) is 0 Å². The molecular formula is C14H19N3. The summed E-state index contributed by atoms with van der Waals surface area (Å²) >= 11 is 0. The zero-order chi connectivity index (χ0) is 12.1. The number of likely N-dealkylation sites (tertiary alicyclic amines) is 1. The summed E-state index contributed by atoms with van der Waals surface area (Å²) in [6.07, 6.45) is 2.56. The Balaban J connectivity index is 1.91. The van der Waals surface area contributed by atoms with E-state index in [-0.39, 0.29) is 0 Å². The molecule has 1 aliphatic heterocycles. The molecule has 0 bridgehead atoms. The number of hydrogen-bond acceptors (Lipinski definition) is 3. The molecule has 0 aromatic heterocycles. The highest BCUT2D eigenvalue weighted by Gasteiger charge is 2.16. The molecule has 0 saturated carbocycles. The predicted octanol–water partition coefficient (Wildman–Crippen LogP) is 2.31. The Bertz CT molecular complexity index is 408. The van der Waals surface area contributed by atoms with E-state index in [4.69, 9.17) is 5.26 Å². The molecular weight excluding hydrogens is 210 g/mol. The summed E-state index contributed by atoms with van der Waals surface area (Å²) in [5.74, 6) is 0.695. The average Bonchev–Trinajstić information content (AvgIpc) is 2.37. The Morgan fingerprint density at radius 2 is 2.29 bits per heavy atom. The molecule has 90 valence electrons. The fourth-order valence-electron chi connectivity index (χ4n) is 2.43. The largest absolute Gasteiger partial charge is 0.384 e. The standard InChI is InChI=1S/C14H19N3/c1-17-8-4-5-12(11-17)10-16-14-7-3-2-6-13(14)9-15/h2-3,6-7,12,16H,4-5,8,10-11H2,1H3. The van der Waals surface area contributed by atoms with Gasteiger partial charge in [0.1, 0.15) is 6.07 Å². The molecule has 0 aliphatic carbocycles. The van der Waals surface area contributed by atoms with Crippen molar-refractivity contribution >= 4 is 5.69 Å². The van der Waals surface area contributed by atoms with Gasteiger partial charge in [-0.15, -0.1) is 0 Å². The summed E-state index contributed by atoms with van der Waals surface area (Å²) in [5.41, 5.74) is 1.69. The van der Waals surface area contributed by atoms with Gasteiger partial charge in [0.25, 0.3) is 0 Å². The van der Waals surface area contributed by atoms with Crippen molar-refractivity contribution in [1.29, 1.82) is 5.26 Å². The Labute approximate surface area is 103 Å². The number of para-hydroxylation sites is 1. The first-order valence-corrected chi connectivity index (χ1v) is 6.21. The van der Waals surface area contributed by atoms with Gasteiger partial charge in [0, 0.05) is 13.1 Å². The number of piperidine rings is 1. The third-order valence-corrected chi connectivity index (χ3v) is 3.35. The minimum Gasteiger partial charge on any atom is -0.384 e. The monoisotopic (exact) mass is 229 g/mol. The molecule has 1 aromatic carbocycles. The molecule has 3 heteroatoms. The Hall–Kier alpha value is -1.53. The second kappa shape index (κ2) is 5.70. The number of rotatable bonds is 3. The molecule has 0 spiro atoms. The lowest BCUT2D eigenvalue weighted by Crippen LogP contribution is -2.35. The number of nitrogens with one attached hydrogen (secondary N) is 1. The molecule has 1 atom stereocenters. The van der Waals surface area contributed by atoms with E-state index in [1.807, 2.05) is 24.3 Å². The summed E-state index contributed by atoms with van der Waals surface area (Å²) in [6, 6.07) is 9.92. The first-order chi connectivity index (χ1) is 8.29. The van der Waals surface area contributed by atoms with Gasteiger partial charge in [0.05, 0.1) is 11.3 Å². The van der Waals surface area contributed by atoms with Gasteiger partial charge in [-0.25, -0.2) is 0 Å². The molecule has 1 unspecified atom stereocenters. The lowest BCUT2D eigenvalue weighted by molar-refractivity contribution is 0.217. The molecule has 2 rings (SSSR count). The minimum atomic E-state index is 0.695. The van der Waals surface area contributed by atoms with Gasteiger partial charge in [0.2, 0.25) is 0 Å². The van der Waals surface area contributed by atoms with Gasteiger partial charge in [0.15, 0.2) is 0 Å². The van der Waals surface area contributed by atoms with Crippen LogP contribution >= 0.6 is 0 Å². The average molecular weight is 229 g/mol. The Kier molecular flexibility index (Phi) is 4.00. The van der Waals surface area contributed by atoms with Crippen LogP contribution in [0.4, 0.5) is 5.69 Å². The van der Waals surface area contributed by atoms with Gasteiger partial charge in [-0.3, -0.25) is 0 Å². The highest BCUT2D eigenvalue weighted by molar-refractivity contribution is 5.57. The van der Waals surface area contributed by atoms with E-state index in [1.54, 1.807) is 0 Å². The van der Waals surface area contributed by atoms with Crippen LogP contribution in [-0.2, 0) is 0 Å². The first-order valence-electron chi connectivity index (χ1n) is 6.21. The Morgan fingerprint density at radius 3 is 3.06 bits per heavy atom. The van der Waals surface area contributed by atoms with Crippen molar-refractivity contribution in [2.24, 2.45) is 5.92 Å². The van der Waals surface area contributed by atoms with Crippen LogP contribution in [0.5, 0.6) is 0 Å². The molecule has 1 saturated heterocycles. The quantitative estimate of drug-likeness (QED) is 0.864. The molecule has 0 amide bonds. The highest BCUT2D eigenvalue weighted by atomic mass is 15.1. The van der Waals surface area contributed by atoms with E-state index in [0.29, 0.717) is 5.92 Å². The van der Waals surface area contributed by atoms with Crippen LogP contribution in [0.15, 0.2) is 24.3 Å². The van der Waals surface area contributed by atoms with Gasteiger partial charge < -0.3 is 10.2 Å². The maximum absolute atomic E-state index is 9.00. The van der Waals surface area contributed by atoms with Crippen molar-refractivity contribution in [3.8, 4) is 6.07 Å². The van der Waals surface area contributed by atoms with Crippen molar-refractivity contribution in [3.05, 3.63) is 29.8 Å². The zero-order valence-corrected chi connectivity index (χ0v) is 10.3. The molecule has 3 nitrogen and oxygen atoms in total. The molecule has 17 heavy (non-hydrogen) atoms. The number of nitriles is 1. The van der Waals surface area contributed by atoms with Crippen LogP contribution < -0.4 is 5.32 Å². The van der Waals surface area contributed by atoms with Crippen molar-refractivity contribution in [2.45, 2.75) is 12.8 Å². The van der Waals surface area contributed by atoms with Gasteiger partial charge >= 0.3 is 0 Å². The van der Waals surface area contributed by atoms with Crippen LogP contribution in [0.1, 0.15) is 18.4 Å². The Morgan fingerprint density at radius 1 is 1.47 bits per heavy atom. The lowest BCUT2D eigenvalue weighted by atomic mass is 9.98.